The van der Waals surface area contributed by atoms with Gasteiger partial charge in [-0.25, -0.2) is 4.79 Å². The highest BCUT2D eigenvalue weighted by molar-refractivity contribution is 6.01. The Hall–Kier alpha value is -1.06. The number of piperidine rings is 1. The van der Waals surface area contributed by atoms with Gasteiger partial charge in [0.15, 0.2) is 0 Å². The predicted octanol–water partition coefficient (Wildman–Crippen LogP) is 1.05. The van der Waals surface area contributed by atoms with Gasteiger partial charge in [-0.05, 0) is 20.8 Å². The van der Waals surface area contributed by atoms with Crippen molar-refractivity contribution in [1.29, 1.82) is 0 Å². The number of ketones is 1. The highest BCUT2D eigenvalue weighted by atomic mass is 16.6. The molecular formula is C10H15NO3. The zero-order chi connectivity index (χ0) is 10.5. The molecule has 0 radical (unpaired) electrons. The van der Waals surface area contributed by atoms with E-state index in [2.05, 4.69) is 0 Å². The molecule has 1 amide bonds. The first-order valence-corrected chi connectivity index (χ1v) is 4.90. The maximum absolute atomic E-state index is 11.5. The van der Waals surface area contributed by atoms with Crippen molar-refractivity contribution in [2.45, 2.75) is 26.4 Å². The summed E-state index contributed by atoms with van der Waals surface area (Å²) in [5.74, 6) is 0.537. The van der Waals surface area contributed by atoms with Crippen LogP contribution in [0.2, 0.25) is 0 Å². The standard InChI is InChI=1S/C10H15NO3/c1-10(2,3)14-9(13)11-4-6-7(5-11)8(6)12/h6-7H,4-5H2,1-3H3. The van der Waals surface area contributed by atoms with Crippen LogP contribution in [0, 0.1) is 11.8 Å². The smallest absolute Gasteiger partial charge is 0.410 e. The van der Waals surface area contributed by atoms with Gasteiger partial charge in [-0.2, -0.15) is 0 Å². The largest absolute Gasteiger partial charge is 0.444 e. The van der Waals surface area contributed by atoms with Crippen molar-refractivity contribution in [3.63, 3.8) is 0 Å². The first-order chi connectivity index (χ1) is 6.38. The normalized spacial score (nSPS) is 30.2. The van der Waals surface area contributed by atoms with Crippen molar-refractivity contribution < 1.29 is 14.3 Å². The van der Waals surface area contributed by atoms with E-state index in [4.69, 9.17) is 4.74 Å². The van der Waals surface area contributed by atoms with Gasteiger partial charge >= 0.3 is 6.09 Å². The number of fused-ring (bicyclic) bond motifs is 1. The summed E-state index contributed by atoms with van der Waals surface area (Å²) in [5.41, 5.74) is -0.451. The summed E-state index contributed by atoms with van der Waals surface area (Å²) in [6.45, 7) is 6.63. The van der Waals surface area contributed by atoms with E-state index in [1.165, 1.54) is 0 Å². The van der Waals surface area contributed by atoms with E-state index in [1.54, 1.807) is 4.90 Å². The maximum Gasteiger partial charge on any atom is 0.410 e. The molecule has 1 saturated carbocycles. The molecule has 4 heteroatoms. The number of carbonyl (C=O) groups excluding carboxylic acids is 2. The molecule has 2 fully saturated rings. The van der Waals surface area contributed by atoms with Crippen LogP contribution < -0.4 is 0 Å². The molecular weight excluding hydrogens is 182 g/mol. The van der Waals surface area contributed by atoms with Gasteiger partial charge < -0.3 is 9.64 Å². The van der Waals surface area contributed by atoms with Crippen molar-refractivity contribution >= 4 is 11.9 Å². The number of ether oxygens (including phenoxy) is 1. The lowest BCUT2D eigenvalue weighted by atomic mass is 10.2. The van der Waals surface area contributed by atoms with Crippen LogP contribution in [-0.2, 0) is 9.53 Å². The van der Waals surface area contributed by atoms with Crippen LogP contribution in [0.5, 0.6) is 0 Å². The maximum atomic E-state index is 11.5. The van der Waals surface area contributed by atoms with Crippen molar-refractivity contribution in [3.8, 4) is 0 Å². The zero-order valence-corrected chi connectivity index (χ0v) is 8.74. The summed E-state index contributed by atoms with van der Waals surface area (Å²) in [6.07, 6.45) is -0.294. The molecule has 1 heterocycles. The van der Waals surface area contributed by atoms with Crippen LogP contribution >= 0.6 is 0 Å². The van der Waals surface area contributed by atoms with E-state index in [9.17, 15) is 9.59 Å². The van der Waals surface area contributed by atoms with E-state index in [-0.39, 0.29) is 17.9 Å². The topological polar surface area (TPSA) is 46.6 Å². The van der Waals surface area contributed by atoms with Crippen molar-refractivity contribution in [3.05, 3.63) is 0 Å². The number of nitrogens with zero attached hydrogens (tertiary/aromatic N) is 1. The molecule has 1 saturated heterocycles. The van der Waals surface area contributed by atoms with E-state index in [0.717, 1.165) is 0 Å². The number of Topliss-reactive ketones (excluding diaryl/α,β-unsaturated/α-hetero) is 1. The Morgan fingerprint density at radius 3 is 2.29 bits per heavy atom. The van der Waals surface area contributed by atoms with E-state index >= 15 is 0 Å². The molecule has 0 aromatic heterocycles. The fourth-order valence-corrected chi connectivity index (χ4v) is 1.81. The number of amides is 1. The van der Waals surface area contributed by atoms with Crippen molar-refractivity contribution in [2.24, 2.45) is 11.8 Å². The molecule has 0 spiro atoms. The summed E-state index contributed by atoms with van der Waals surface area (Å²) in [5, 5.41) is 0. The second-order valence-electron chi connectivity index (χ2n) is 5.00. The van der Waals surface area contributed by atoms with E-state index in [1.807, 2.05) is 20.8 Å². The molecule has 1 aliphatic carbocycles. The minimum absolute atomic E-state index is 0.113. The van der Waals surface area contributed by atoms with Gasteiger partial charge in [0.05, 0.1) is 0 Å². The molecule has 1 aliphatic heterocycles. The van der Waals surface area contributed by atoms with Crippen LogP contribution in [0.4, 0.5) is 4.79 Å². The Kier molecular flexibility index (Phi) is 1.84. The molecule has 78 valence electrons. The Morgan fingerprint density at radius 2 is 1.86 bits per heavy atom. The highest BCUT2D eigenvalue weighted by Gasteiger charge is 2.56. The lowest BCUT2D eigenvalue weighted by Crippen LogP contribution is -2.37. The van der Waals surface area contributed by atoms with Gasteiger partial charge in [0.25, 0.3) is 0 Å². The lowest BCUT2D eigenvalue weighted by molar-refractivity contribution is -0.113. The average molecular weight is 197 g/mol. The van der Waals surface area contributed by atoms with Crippen LogP contribution in [0.15, 0.2) is 0 Å². The summed E-state index contributed by atoms with van der Waals surface area (Å²) in [4.78, 5) is 24.1. The van der Waals surface area contributed by atoms with Crippen LogP contribution in [0.1, 0.15) is 20.8 Å². The molecule has 0 aromatic carbocycles. The highest BCUT2D eigenvalue weighted by Crippen LogP contribution is 2.40. The van der Waals surface area contributed by atoms with Gasteiger partial charge in [-0.15, -0.1) is 0 Å². The van der Waals surface area contributed by atoms with Crippen molar-refractivity contribution in [2.75, 3.05) is 13.1 Å². The third kappa shape index (κ3) is 1.61. The minimum atomic E-state index is -0.451. The summed E-state index contributed by atoms with van der Waals surface area (Å²) < 4.78 is 5.20. The van der Waals surface area contributed by atoms with Crippen molar-refractivity contribution in [1.82, 2.24) is 4.90 Å². The second-order valence-corrected chi connectivity index (χ2v) is 5.00. The molecule has 4 nitrogen and oxygen atoms in total. The van der Waals surface area contributed by atoms with Crippen LogP contribution in [-0.4, -0.2) is 35.5 Å². The third-order valence-corrected chi connectivity index (χ3v) is 2.59. The first kappa shape index (κ1) is 9.49. The Morgan fingerprint density at radius 1 is 1.36 bits per heavy atom. The van der Waals surface area contributed by atoms with Gasteiger partial charge in [-0.3, -0.25) is 4.79 Å². The Balaban J connectivity index is 1.87. The van der Waals surface area contributed by atoms with Crippen LogP contribution in [0.25, 0.3) is 0 Å². The number of hydrogen-bond donors (Lipinski definition) is 0. The molecule has 2 unspecified atom stereocenters. The fourth-order valence-electron chi connectivity index (χ4n) is 1.81. The van der Waals surface area contributed by atoms with E-state index in [0.29, 0.717) is 18.9 Å². The molecule has 0 N–H and O–H groups in total. The Labute approximate surface area is 83.2 Å². The van der Waals surface area contributed by atoms with E-state index < -0.39 is 5.60 Å². The quantitative estimate of drug-likeness (QED) is 0.583. The number of rotatable bonds is 0. The molecule has 2 rings (SSSR count). The number of carbonyl (C=O) groups is 2. The first-order valence-electron chi connectivity index (χ1n) is 4.90. The molecule has 0 bridgehead atoms. The Bertz CT molecular complexity index is 278. The fraction of sp³-hybridized carbons (Fsp3) is 0.800. The summed E-state index contributed by atoms with van der Waals surface area (Å²) >= 11 is 0. The number of hydrogen-bond acceptors (Lipinski definition) is 3. The average Bonchev–Trinajstić information content (AvgIpc) is 2.47. The van der Waals surface area contributed by atoms with Gasteiger partial charge in [0.2, 0.25) is 0 Å². The zero-order valence-electron chi connectivity index (χ0n) is 8.74. The molecule has 2 aliphatic rings. The monoisotopic (exact) mass is 197 g/mol. The summed E-state index contributed by atoms with van der Waals surface area (Å²) in [7, 11) is 0. The lowest BCUT2D eigenvalue weighted by Gasteiger charge is -2.24. The number of likely N-dealkylation sites (tertiary alicyclic amines) is 1. The third-order valence-electron chi connectivity index (χ3n) is 2.59. The molecule has 14 heavy (non-hydrogen) atoms. The van der Waals surface area contributed by atoms with Gasteiger partial charge in [0.1, 0.15) is 11.4 Å². The minimum Gasteiger partial charge on any atom is -0.444 e. The predicted molar refractivity (Wildman–Crippen MR) is 49.8 cm³/mol. The second kappa shape index (κ2) is 2.72. The molecule has 0 aromatic rings. The van der Waals surface area contributed by atoms with Gasteiger partial charge in [-0.1, -0.05) is 0 Å². The van der Waals surface area contributed by atoms with Gasteiger partial charge in [0, 0.05) is 24.9 Å². The molecule has 2 atom stereocenters. The summed E-state index contributed by atoms with van der Waals surface area (Å²) in [6, 6.07) is 0. The van der Waals surface area contributed by atoms with Crippen LogP contribution in [0.3, 0.4) is 0 Å². The SMILES string of the molecule is CC(C)(C)OC(=O)N1CC2C(=O)C2C1.